The third-order valence-electron chi connectivity index (χ3n) is 1.12. The molecular weight excluding hydrogens is 184 g/mol. The summed E-state index contributed by atoms with van der Waals surface area (Å²) in [6.45, 7) is 8.46. The number of ether oxygens (including phenoxy) is 1. The van der Waals surface area contributed by atoms with Crippen molar-refractivity contribution in [3.8, 4) is 0 Å². The topological polar surface area (TPSA) is 81.2 Å². The van der Waals surface area contributed by atoms with E-state index in [2.05, 4.69) is 6.92 Å². The van der Waals surface area contributed by atoms with Gasteiger partial charge in [0.25, 0.3) is 0 Å². The second-order valence-electron chi connectivity index (χ2n) is 3.39. The van der Waals surface area contributed by atoms with E-state index in [0.29, 0.717) is 6.61 Å². The number of aliphatic hydroxyl groups excluding tert-OH is 2. The van der Waals surface area contributed by atoms with E-state index in [0.717, 1.165) is 20.0 Å². The highest BCUT2D eigenvalue weighted by Crippen LogP contribution is 2.02. The number of unbranched alkanes of at least 4 members (excludes halogenated alkanes) is 1. The molecule has 4 N–H and O–H groups in total. The summed E-state index contributed by atoms with van der Waals surface area (Å²) in [4.78, 5) is 0. The van der Waals surface area contributed by atoms with E-state index >= 15 is 0 Å². The first-order chi connectivity index (χ1) is 5.97. The van der Waals surface area contributed by atoms with Gasteiger partial charge in [0.2, 0.25) is 0 Å². The van der Waals surface area contributed by atoms with Gasteiger partial charge in [-0.3, -0.25) is 0 Å². The van der Waals surface area contributed by atoms with Crippen molar-refractivity contribution >= 4 is 0 Å². The Hall–Kier alpha value is -0.160. The van der Waals surface area contributed by atoms with Gasteiger partial charge in [0.15, 0.2) is 0 Å². The molecule has 0 rings (SSSR count). The molecule has 0 amide bonds. The Kier molecular flexibility index (Phi) is 31.3. The number of rotatable bonds is 2. The van der Waals surface area contributed by atoms with E-state index in [4.69, 9.17) is 14.9 Å². The Labute approximate surface area is 88.2 Å². The normalized spacial score (nSPS) is 8.57. The summed E-state index contributed by atoms with van der Waals surface area (Å²) in [7, 11) is 2.71. The van der Waals surface area contributed by atoms with E-state index in [1.807, 2.05) is 20.8 Å². The maximum atomic E-state index is 8.07. The van der Waals surface area contributed by atoms with Gasteiger partial charge in [0, 0.05) is 20.8 Å². The van der Waals surface area contributed by atoms with Gasteiger partial charge in [0.05, 0.1) is 5.60 Å². The lowest BCUT2D eigenvalue weighted by atomic mass is 10.2. The maximum absolute atomic E-state index is 8.07. The zero-order valence-electron chi connectivity index (χ0n) is 10.4. The van der Waals surface area contributed by atoms with Crippen LogP contribution in [0.15, 0.2) is 0 Å². The van der Waals surface area contributed by atoms with Crippen LogP contribution >= 0.6 is 0 Å². The van der Waals surface area contributed by atoms with Crippen LogP contribution < -0.4 is 0 Å². The number of aliphatic hydroxyl groups is 2. The van der Waals surface area contributed by atoms with Crippen molar-refractivity contribution in [2.24, 2.45) is 0 Å². The van der Waals surface area contributed by atoms with Gasteiger partial charge >= 0.3 is 0 Å². The maximum Gasteiger partial charge on any atom is 0.0594 e. The summed E-state index contributed by atoms with van der Waals surface area (Å²) in [5, 5.41) is 15.1. The first-order valence-electron chi connectivity index (χ1n) is 4.58. The standard InChI is InChI=1S/C5H12O.C4H10O.CH4O.H2O/c1-5(2,3)6-4;1-2-3-4-5;1-2;/h1-4H3;5H,2-4H2,1H3;2H,1H3;1H2. The molecule has 0 aliphatic heterocycles. The quantitative estimate of drug-likeness (QED) is 0.716. The van der Waals surface area contributed by atoms with Gasteiger partial charge in [-0.05, 0) is 27.2 Å². The molecule has 4 heteroatoms. The fourth-order valence-corrected chi connectivity index (χ4v) is 0.158. The molecular formula is C10H28O4. The fourth-order valence-electron chi connectivity index (χ4n) is 0.158. The van der Waals surface area contributed by atoms with E-state index in [9.17, 15) is 0 Å². The summed E-state index contributed by atoms with van der Waals surface area (Å²) < 4.78 is 4.94. The van der Waals surface area contributed by atoms with Crippen molar-refractivity contribution in [3.05, 3.63) is 0 Å². The zero-order chi connectivity index (χ0) is 11.3. The second-order valence-corrected chi connectivity index (χ2v) is 3.39. The smallest absolute Gasteiger partial charge is 0.0594 e. The van der Waals surface area contributed by atoms with Gasteiger partial charge in [0.1, 0.15) is 0 Å². The van der Waals surface area contributed by atoms with Crippen molar-refractivity contribution in [2.75, 3.05) is 20.8 Å². The van der Waals surface area contributed by atoms with Crippen LogP contribution in [0, 0.1) is 0 Å². The Bertz CT molecular complexity index is 67.0. The first kappa shape index (κ1) is 23.6. The molecule has 0 fully saturated rings. The van der Waals surface area contributed by atoms with Crippen LogP contribution in [0.3, 0.4) is 0 Å². The molecule has 4 nitrogen and oxygen atoms in total. The van der Waals surface area contributed by atoms with Crippen LogP contribution in [0.2, 0.25) is 0 Å². The Morgan fingerprint density at radius 3 is 1.43 bits per heavy atom. The van der Waals surface area contributed by atoms with Crippen molar-refractivity contribution < 1.29 is 20.4 Å². The molecule has 0 aromatic carbocycles. The zero-order valence-corrected chi connectivity index (χ0v) is 10.4. The Morgan fingerprint density at radius 1 is 1.14 bits per heavy atom. The van der Waals surface area contributed by atoms with Crippen LogP contribution in [0.1, 0.15) is 40.5 Å². The summed E-state index contributed by atoms with van der Waals surface area (Å²) in [5.41, 5.74) is 0.0417. The monoisotopic (exact) mass is 212 g/mol. The van der Waals surface area contributed by atoms with E-state index in [1.165, 1.54) is 0 Å². The molecule has 0 spiro atoms. The highest BCUT2D eigenvalue weighted by molar-refractivity contribution is 4.55. The molecule has 0 atom stereocenters. The summed E-state index contributed by atoms with van der Waals surface area (Å²) in [5.74, 6) is 0. The minimum Gasteiger partial charge on any atom is -0.412 e. The minimum absolute atomic E-state index is 0. The molecule has 0 aromatic rings. The SMILES string of the molecule is CCCCO.CO.COC(C)(C)C.O. The molecule has 92 valence electrons. The highest BCUT2D eigenvalue weighted by Gasteiger charge is 2.03. The summed E-state index contributed by atoms with van der Waals surface area (Å²) in [6, 6.07) is 0. The van der Waals surface area contributed by atoms with Crippen molar-refractivity contribution in [1.29, 1.82) is 0 Å². The number of hydrogen-bond acceptors (Lipinski definition) is 3. The van der Waals surface area contributed by atoms with Gasteiger partial charge in [-0.2, -0.15) is 0 Å². The molecule has 0 saturated heterocycles. The van der Waals surface area contributed by atoms with Crippen LogP contribution in [0.25, 0.3) is 0 Å². The van der Waals surface area contributed by atoms with Gasteiger partial charge in [-0.15, -0.1) is 0 Å². The molecule has 0 heterocycles. The van der Waals surface area contributed by atoms with E-state index in [1.54, 1.807) is 7.11 Å². The van der Waals surface area contributed by atoms with Crippen LogP contribution in [0.4, 0.5) is 0 Å². The Morgan fingerprint density at radius 2 is 1.43 bits per heavy atom. The van der Waals surface area contributed by atoms with Crippen LogP contribution in [0.5, 0.6) is 0 Å². The van der Waals surface area contributed by atoms with Crippen molar-refractivity contribution in [3.63, 3.8) is 0 Å². The lowest BCUT2D eigenvalue weighted by Crippen LogP contribution is -2.15. The lowest BCUT2D eigenvalue weighted by molar-refractivity contribution is 0.0397. The van der Waals surface area contributed by atoms with Gasteiger partial charge in [-0.1, -0.05) is 13.3 Å². The summed E-state index contributed by atoms with van der Waals surface area (Å²) in [6.07, 6.45) is 2.04. The Balaban J connectivity index is -0.0000000576. The molecule has 0 aromatic heterocycles. The average molecular weight is 212 g/mol. The van der Waals surface area contributed by atoms with Gasteiger partial charge in [-0.25, -0.2) is 0 Å². The molecule has 0 saturated carbocycles. The molecule has 0 unspecified atom stereocenters. The second kappa shape index (κ2) is 18.6. The van der Waals surface area contributed by atoms with Gasteiger partial charge < -0.3 is 20.4 Å². The third-order valence-corrected chi connectivity index (χ3v) is 1.12. The molecule has 14 heavy (non-hydrogen) atoms. The lowest BCUT2D eigenvalue weighted by Gasteiger charge is -2.14. The summed E-state index contributed by atoms with van der Waals surface area (Å²) >= 11 is 0. The van der Waals surface area contributed by atoms with Crippen LogP contribution in [-0.2, 0) is 4.74 Å². The fraction of sp³-hybridized carbons (Fsp3) is 1.00. The minimum atomic E-state index is 0. The predicted molar refractivity (Wildman–Crippen MR) is 60.5 cm³/mol. The average Bonchev–Trinajstić information content (AvgIpc) is 2.09. The first-order valence-corrected chi connectivity index (χ1v) is 4.58. The largest absolute Gasteiger partial charge is 0.412 e. The third kappa shape index (κ3) is 59.4. The number of methoxy groups -OCH3 is 1. The van der Waals surface area contributed by atoms with Crippen molar-refractivity contribution in [1.82, 2.24) is 0 Å². The molecule has 0 bridgehead atoms. The molecule has 0 radical (unpaired) electrons. The van der Waals surface area contributed by atoms with E-state index in [-0.39, 0.29) is 11.1 Å². The van der Waals surface area contributed by atoms with E-state index < -0.39 is 0 Å². The predicted octanol–water partition coefficient (Wildman–Crippen LogP) is 0.994. The number of hydrogen-bond donors (Lipinski definition) is 2. The highest BCUT2D eigenvalue weighted by atomic mass is 16.5. The van der Waals surface area contributed by atoms with Crippen molar-refractivity contribution in [2.45, 2.75) is 46.1 Å². The molecule has 0 aliphatic rings. The molecule has 0 aliphatic carbocycles. The van der Waals surface area contributed by atoms with Crippen LogP contribution in [-0.4, -0.2) is 42.1 Å².